The molecule has 1 unspecified atom stereocenters. The second kappa shape index (κ2) is 38.7. The summed E-state index contributed by atoms with van der Waals surface area (Å²) in [7, 11) is 1.47. The van der Waals surface area contributed by atoms with E-state index in [1.165, 1.54) is 103 Å². The van der Waals surface area contributed by atoms with Gasteiger partial charge in [0.2, 0.25) is 0 Å². The highest BCUT2D eigenvalue weighted by atomic mass is 31.2. The van der Waals surface area contributed by atoms with Gasteiger partial charge in [-0.15, -0.1) is 0 Å². The molecule has 0 rings (SSSR count). The molecule has 0 aromatic carbocycles. The zero-order chi connectivity index (χ0) is 41.4. The first-order valence-corrected chi connectivity index (χ1v) is 24.2. The van der Waals surface area contributed by atoms with Gasteiger partial charge in [0.1, 0.15) is 19.8 Å². The van der Waals surface area contributed by atoms with Crippen molar-refractivity contribution in [2.75, 3.05) is 47.5 Å². The van der Waals surface area contributed by atoms with Crippen LogP contribution < -0.4 is 0 Å². The Morgan fingerprint density at radius 2 is 0.964 bits per heavy atom. The zero-order valence-corrected chi connectivity index (χ0v) is 37.8. The van der Waals surface area contributed by atoms with Crippen LogP contribution in [0.5, 0.6) is 0 Å². The molecule has 0 aliphatic heterocycles. The molecule has 0 radical (unpaired) electrons. The summed E-state index contributed by atoms with van der Waals surface area (Å²) in [6, 6.07) is 0. The topological polar surface area (TPSA) is 108 Å². The van der Waals surface area contributed by atoms with E-state index in [0.29, 0.717) is 17.4 Å². The minimum Gasteiger partial charge on any atom is -0.462 e. The number of rotatable bonds is 41. The summed E-state index contributed by atoms with van der Waals surface area (Å²) in [6.45, 7) is 4.37. The summed E-state index contributed by atoms with van der Waals surface area (Å²) in [6.07, 6.45) is 43.3. The van der Waals surface area contributed by atoms with Crippen molar-refractivity contribution in [3.63, 3.8) is 0 Å². The third-order valence-electron chi connectivity index (χ3n) is 9.64. The number of esters is 2. The Morgan fingerprint density at radius 3 is 1.46 bits per heavy atom. The zero-order valence-electron chi connectivity index (χ0n) is 36.9. The average Bonchev–Trinajstić information content (AvgIpc) is 3.15. The van der Waals surface area contributed by atoms with E-state index in [1.807, 2.05) is 21.1 Å². The van der Waals surface area contributed by atoms with Crippen molar-refractivity contribution < 1.29 is 42.1 Å². The second-order valence-electron chi connectivity index (χ2n) is 16.4. The molecule has 0 fully saturated rings. The maximum Gasteiger partial charge on any atom is 0.472 e. The number of unbranched alkanes of at least 4 members (excludes halogenated alkanes) is 21. The van der Waals surface area contributed by atoms with Gasteiger partial charge in [0.05, 0.1) is 27.7 Å². The van der Waals surface area contributed by atoms with Gasteiger partial charge < -0.3 is 18.9 Å². The van der Waals surface area contributed by atoms with Crippen LogP contribution in [-0.4, -0.2) is 74.9 Å². The number of likely N-dealkylation sites (N-methyl/N-ethyl adjacent to an activating group) is 1. The third kappa shape index (κ3) is 41.9. The summed E-state index contributed by atoms with van der Waals surface area (Å²) in [5.41, 5.74) is 0. The number of carbonyl (C=O) groups is 2. The van der Waals surface area contributed by atoms with Gasteiger partial charge in [0, 0.05) is 12.8 Å². The number of nitrogens with zero attached hydrogens (tertiary/aromatic N) is 1. The van der Waals surface area contributed by atoms with Gasteiger partial charge in [-0.25, -0.2) is 4.57 Å². The first-order valence-electron chi connectivity index (χ1n) is 22.7. The Kier molecular flexibility index (Phi) is 37.5. The minimum absolute atomic E-state index is 0.0294. The van der Waals surface area contributed by atoms with Crippen molar-refractivity contribution in [3.05, 3.63) is 36.5 Å². The molecular formula is C46H87NO8P+. The quantitative estimate of drug-likeness (QED) is 0.0214. The van der Waals surface area contributed by atoms with Crippen LogP contribution >= 0.6 is 7.82 Å². The van der Waals surface area contributed by atoms with E-state index in [4.69, 9.17) is 18.5 Å². The lowest BCUT2D eigenvalue weighted by Gasteiger charge is -2.24. The lowest BCUT2D eigenvalue weighted by Crippen LogP contribution is -2.37. The van der Waals surface area contributed by atoms with Crippen LogP contribution in [0.4, 0.5) is 0 Å². The van der Waals surface area contributed by atoms with Crippen molar-refractivity contribution in [1.29, 1.82) is 0 Å². The van der Waals surface area contributed by atoms with Gasteiger partial charge in [-0.1, -0.05) is 147 Å². The summed E-state index contributed by atoms with van der Waals surface area (Å²) in [5.74, 6) is -0.812. The Labute approximate surface area is 344 Å². The Bertz CT molecular complexity index is 1050. The number of allylic oxidation sites excluding steroid dienone is 6. The Hall–Kier alpha value is -1.77. The highest BCUT2D eigenvalue weighted by Crippen LogP contribution is 2.43. The van der Waals surface area contributed by atoms with E-state index in [1.54, 1.807) is 0 Å². The summed E-state index contributed by atoms with van der Waals surface area (Å²) >= 11 is 0. The maximum atomic E-state index is 12.7. The molecule has 0 saturated carbocycles. The normalized spacial score (nSPS) is 13.9. The molecule has 2 atom stereocenters. The number of quaternary nitrogens is 1. The maximum absolute atomic E-state index is 12.7. The van der Waals surface area contributed by atoms with E-state index >= 15 is 0 Å². The Balaban J connectivity index is 4.31. The van der Waals surface area contributed by atoms with Gasteiger partial charge in [0.15, 0.2) is 6.10 Å². The molecule has 0 spiro atoms. The fourth-order valence-corrected chi connectivity index (χ4v) is 6.78. The molecule has 0 heterocycles. The van der Waals surface area contributed by atoms with Crippen molar-refractivity contribution in [2.24, 2.45) is 0 Å². The fourth-order valence-electron chi connectivity index (χ4n) is 6.04. The van der Waals surface area contributed by atoms with E-state index in [0.717, 1.165) is 57.8 Å². The monoisotopic (exact) mass is 813 g/mol. The number of ether oxygens (including phenoxy) is 2. The molecule has 1 N–H and O–H groups in total. The van der Waals surface area contributed by atoms with Crippen LogP contribution in [0.15, 0.2) is 36.5 Å². The van der Waals surface area contributed by atoms with Crippen molar-refractivity contribution in [2.45, 2.75) is 200 Å². The molecule has 328 valence electrons. The minimum atomic E-state index is -4.38. The Morgan fingerprint density at radius 1 is 0.554 bits per heavy atom. The number of hydrogen-bond acceptors (Lipinski definition) is 7. The molecule has 0 bridgehead atoms. The fraction of sp³-hybridized carbons (Fsp3) is 0.826. The number of carbonyl (C=O) groups excluding carboxylic acids is 2. The highest BCUT2D eigenvalue weighted by Gasteiger charge is 2.27. The number of phosphoric acid groups is 1. The molecular weight excluding hydrogens is 725 g/mol. The number of phosphoric ester groups is 1. The molecule has 10 heteroatoms. The summed E-state index contributed by atoms with van der Waals surface area (Å²) in [5, 5.41) is 0. The lowest BCUT2D eigenvalue weighted by atomic mass is 10.1. The molecule has 0 aliphatic rings. The van der Waals surface area contributed by atoms with E-state index in [-0.39, 0.29) is 32.0 Å². The van der Waals surface area contributed by atoms with Crippen LogP contribution in [0.3, 0.4) is 0 Å². The highest BCUT2D eigenvalue weighted by molar-refractivity contribution is 7.47. The third-order valence-corrected chi connectivity index (χ3v) is 10.6. The predicted octanol–water partition coefficient (Wildman–Crippen LogP) is 12.9. The smallest absolute Gasteiger partial charge is 0.462 e. The van der Waals surface area contributed by atoms with Crippen molar-refractivity contribution >= 4 is 19.8 Å². The largest absolute Gasteiger partial charge is 0.472 e. The van der Waals surface area contributed by atoms with Gasteiger partial charge in [-0.2, -0.15) is 0 Å². The van der Waals surface area contributed by atoms with Gasteiger partial charge >= 0.3 is 19.8 Å². The predicted molar refractivity (Wildman–Crippen MR) is 234 cm³/mol. The molecule has 9 nitrogen and oxygen atoms in total. The van der Waals surface area contributed by atoms with E-state index < -0.39 is 26.5 Å². The van der Waals surface area contributed by atoms with Crippen LogP contribution in [0.25, 0.3) is 0 Å². The average molecular weight is 813 g/mol. The molecule has 0 aromatic rings. The molecule has 0 amide bonds. The van der Waals surface area contributed by atoms with Gasteiger partial charge in [-0.3, -0.25) is 18.6 Å². The second-order valence-corrected chi connectivity index (χ2v) is 17.9. The van der Waals surface area contributed by atoms with Crippen LogP contribution in [0.1, 0.15) is 194 Å². The first kappa shape index (κ1) is 54.2. The molecule has 0 saturated heterocycles. The molecule has 0 aromatic heterocycles. The standard InChI is InChI=1S/C46H86NO8P/c1-6-8-10-12-14-16-18-20-21-22-23-24-25-27-28-30-32-34-36-38-45(48)52-42-44(43-54-56(50,51)53-41-40-47(3,4)5)55-46(49)39-37-35-33-31-29-26-19-17-15-13-11-9-7-2/h14,16-17,19-21,44H,6-13,15,18,22-43H2,1-5H3/p+1/b16-14-,19-17-,21-20-/t44-/m1/s1. The van der Waals surface area contributed by atoms with Gasteiger partial charge in [-0.05, 0) is 70.6 Å². The van der Waals surface area contributed by atoms with E-state index in [2.05, 4.69) is 50.3 Å². The number of hydrogen-bond donors (Lipinski definition) is 1. The van der Waals surface area contributed by atoms with Crippen LogP contribution in [0, 0.1) is 0 Å². The summed E-state index contributed by atoms with van der Waals surface area (Å²) in [4.78, 5) is 35.4. The van der Waals surface area contributed by atoms with Gasteiger partial charge in [0.25, 0.3) is 0 Å². The molecule has 0 aliphatic carbocycles. The first-order chi connectivity index (χ1) is 27.0. The lowest BCUT2D eigenvalue weighted by molar-refractivity contribution is -0.870. The summed E-state index contributed by atoms with van der Waals surface area (Å²) < 4.78 is 34.3. The van der Waals surface area contributed by atoms with E-state index in [9.17, 15) is 19.0 Å². The van der Waals surface area contributed by atoms with Crippen LogP contribution in [-0.2, 0) is 32.7 Å². The van der Waals surface area contributed by atoms with Crippen molar-refractivity contribution in [3.8, 4) is 0 Å². The molecule has 56 heavy (non-hydrogen) atoms. The van der Waals surface area contributed by atoms with Crippen LogP contribution in [0.2, 0.25) is 0 Å². The van der Waals surface area contributed by atoms with Crippen molar-refractivity contribution in [1.82, 2.24) is 0 Å². The SMILES string of the molecule is CCCCC/C=C\C/C=C\CCCCCCCCCCCC(=O)OC[C@H](COP(=O)(O)OCC[N+](C)(C)C)OC(=O)CCCCCCC/C=C\CCCCCC.